The van der Waals surface area contributed by atoms with Crippen molar-refractivity contribution in [2.75, 3.05) is 13.7 Å². The number of rotatable bonds is 4. The van der Waals surface area contributed by atoms with Crippen LogP contribution in [0.3, 0.4) is 0 Å². The molecule has 1 aliphatic rings. The maximum Gasteiger partial charge on any atom is 0.118 e. The smallest absolute Gasteiger partial charge is 0.118 e. The van der Waals surface area contributed by atoms with Gasteiger partial charge in [0.15, 0.2) is 0 Å². The number of ether oxygens (including phenoxy) is 1. The zero-order valence-corrected chi connectivity index (χ0v) is 14.6. The molecule has 1 N–H and O–H groups in total. The molecule has 26 heavy (non-hydrogen) atoms. The molecule has 0 aliphatic carbocycles. The van der Waals surface area contributed by atoms with Crippen LogP contribution in [0.25, 0.3) is 0 Å². The predicted molar refractivity (Wildman–Crippen MR) is 98.7 cm³/mol. The lowest BCUT2D eigenvalue weighted by molar-refractivity contribution is 0.228. The first-order valence-corrected chi connectivity index (χ1v) is 8.64. The van der Waals surface area contributed by atoms with Crippen molar-refractivity contribution < 1.29 is 4.74 Å². The molecule has 2 heterocycles. The predicted octanol–water partition coefficient (Wildman–Crippen LogP) is 3.44. The van der Waals surface area contributed by atoms with Crippen LogP contribution in [0.5, 0.6) is 5.75 Å². The summed E-state index contributed by atoms with van der Waals surface area (Å²) in [6, 6.07) is 18.3. The second-order valence-electron chi connectivity index (χ2n) is 6.57. The van der Waals surface area contributed by atoms with Crippen LogP contribution in [0, 0.1) is 11.3 Å². The molecule has 0 saturated carbocycles. The highest BCUT2D eigenvalue weighted by atomic mass is 16.5. The van der Waals surface area contributed by atoms with E-state index in [1.807, 2.05) is 30.3 Å². The molecule has 0 spiro atoms. The molecule has 4 rings (SSSR count). The molecule has 1 aromatic heterocycles. The summed E-state index contributed by atoms with van der Waals surface area (Å²) < 4.78 is 5.27. The summed E-state index contributed by atoms with van der Waals surface area (Å²) in [5, 5.41) is 9.12. The van der Waals surface area contributed by atoms with Crippen LogP contribution in [0.4, 0.5) is 0 Å². The average Bonchev–Trinajstić information content (AvgIpc) is 3.16. The molecular formula is C21H20N4O. The van der Waals surface area contributed by atoms with E-state index < -0.39 is 0 Å². The second-order valence-corrected chi connectivity index (χ2v) is 6.57. The SMILES string of the molecule is COc1ccc(C2CN(Cc3cccc(C#N)c3)Cc3[nH]cnc32)cc1. The highest BCUT2D eigenvalue weighted by Crippen LogP contribution is 2.33. The molecule has 0 bridgehead atoms. The van der Waals surface area contributed by atoms with E-state index in [0.29, 0.717) is 5.56 Å². The zero-order chi connectivity index (χ0) is 17.9. The topological polar surface area (TPSA) is 64.9 Å². The van der Waals surface area contributed by atoms with Gasteiger partial charge in [0.1, 0.15) is 5.75 Å². The molecule has 130 valence electrons. The van der Waals surface area contributed by atoms with E-state index in [0.717, 1.165) is 42.3 Å². The van der Waals surface area contributed by atoms with Gasteiger partial charge in [-0.05, 0) is 35.4 Å². The minimum absolute atomic E-state index is 0.218. The largest absolute Gasteiger partial charge is 0.497 e. The molecule has 1 aliphatic heterocycles. The number of nitriles is 1. The number of hydrogen-bond donors (Lipinski definition) is 1. The Labute approximate surface area is 152 Å². The summed E-state index contributed by atoms with van der Waals surface area (Å²) in [5.74, 6) is 1.08. The quantitative estimate of drug-likeness (QED) is 0.787. The summed E-state index contributed by atoms with van der Waals surface area (Å²) in [6.45, 7) is 2.53. The Hall–Kier alpha value is -3.10. The van der Waals surface area contributed by atoms with Crippen LogP contribution in [-0.2, 0) is 13.1 Å². The third-order valence-corrected chi connectivity index (χ3v) is 4.88. The summed E-state index contributed by atoms with van der Waals surface area (Å²) in [5.41, 5.74) is 5.37. The van der Waals surface area contributed by atoms with Crippen LogP contribution in [-0.4, -0.2) is 28.5 Å². The third-order valence-electron chi connectivity index (χ3n) is 4.88. The van der Waals surface area contributed by atoms with Gasteiger partial charge in [-0.1, -0.05) is 24.3 Å². The van der Waals surface area contributed by atoms with Gasteiger partial charge in [-0.25, -0.2) is 4.98 Å². The molecule has 1 atom stereocenters. The number of nitrogens with zero attached hydrogens (tertiary/aromatic N) is 3. The van der Waals surface area contributed by atoms with Crippen molar-refractivity contribution in [1.29, 1.82) is 5.26 Å². The molecule has 0 amide bonds. The lowest BCUT2D eigenvalue weighted by Gasteiger charge is -2.32. The van der Waals surface area contributed by atoms with Crippen molar-refractivity contribution in [2.45, 2.75) is 19.0 Å². The van der Waals surface area contributed by atoms with Crippen molar-refractivity contribution in [3.63, 3.8) is 0 Å². The minimum atomic E-state index is 0.218. The molecule has 5 nitrogen and oxygen atoms in total. The Morgan fingerprint density at radius 2 is 2.12 bits per heavy atom. The number of fused-ring (bicyclic) bond motifs is 1. The molecule has 5 heteroatoms. The number of hydrogen-bond acceptors (Lipinski definition) is 4. The Kier molecular flexibility index (Phi) is 4.42. The van der Waals surface area contributed by atoms with Gasteiger partial charge in [-0.2, -0.15) is 5.26 Å². The van der Waals surface area contributed by atoms with Crippen molar-refractivity contribution in [3.8, 4) is 11.8 Å². The normalized spacial score (nSPS) is 16.7. The number of nitrogens with one attached hydrogen (secondary N) is 1. The first kappa shape index (κ1) is 16.4. The number of H-pyrrole nitrogens is 1. The first-order chi connectivity index (χ1) is 12.8. The number of aromatic nitrogens is 2. The van der Waals surface area contributed by atoms with Crippen LogP contribution in [0.1, 0.15) is 34.0 Å². The fraction of sp³-hybridized carbons (Fsp3) is 0.238. The van der Waals surface area contributed by atoms with Gasteiger partial charge in [0.2, 0.25) is 0 Å². The third kappa shape index (κ3) is 3.19. The van der Waals surface area contributed by atoms with Crippen LogP contribution < -0.4 is 4.74 Å². The number of benzene rings is 2. The van der Waals surface area contributed by atoms with Crippen LogP contribution in [0.2, 0.25) is 0 Å². The molecule has 3 aromatic rings. The van der Waals surface area contributed by atoms with Gasteiger partial charge < -0.3 is 9.72 Å². The number of methoxy groups -OCH3 is 1. The van der Waals surface area contributed by atoms with E-state index in [-0.39, 0.29) is 5.92 Å². The molecule has 0 radical (unpaired) electrons. The molecule has 0 saturated heterocycles. The van der Waals surface area contributed by atoms with Gasteiger partial charge in [0.25, 0.3) is 0 Å². The lowest BCUT2D eigenvalue weighted by atomic mass is 9.90. The van der Waals surface area contributed by atoms with Gasteiger partial charge in [-0.15, -0.1) is 0 Å². The summed E-state index contributed by atoms with van der Waals surface area (Å²) in [7, 11) is 1.68. The van der Waals surface area contributed by atoms with Crippen molar-refractivity contribution in [3.05, 3.63) is 82.9 Å². The number of aromatic amines is 1. The van der Waals surface area contributed by atoms with Gasteiger partial charge in [0, 0.05) is 25.6 Å². The Balaban J connectivity index is 1.60. The first-order valence-electron chi connectivity index (χ1n) is 8.64. The van der Waals surface area contributed by atoms with E-state index >= 15 is 0 Å². The summed E-state index contributed by atoms with van der Waals surface area (Å²) >= 11 is 0. The molecule has 1 unspecified atom stereocenters. The van der Waals surface area contributed by atoms with Crippen molar-refractivity contribution in [2.24, 2.45) is 0 Å². The van der Waals surface area contributed by atoms with Crippen molar-refractivity contribution in [1.82, 2.24) is 14.9 Å². The van der Waals surface area contributed by atoms with E-state index in [2.05, 4.69) is 39.1 Å². The molecular weight excluding hydrogens is 324 g/mol. The summed E-state index contributed by atoms with van der Waals surface area (Å²) in [6.07, 6.45) is 1.78. The van der Waals surface area contributed by atoms with Gasteiger partial charge >= 0.3 is 0 Å². The van der Waals surface area contributed by atoms with Gasteiger partial charge in [-0.3, -0.25) is 4.90 Å². The Morgan fingerprint density at radius 3 is 2.88 bits per heavy atom. The average molecular weight is 344 g/mol. The van der Waals surface area contributed by atoms with E-state index in [9.17, 15) is 0 Å². The maximum atomic E-state index is 9.12. The van der Waals surface area contributed by atoms with E-state index in [4.69, 9.17) is 10.00 Å². The van der Waals surface area contributed by atoms with E-state index in [1.165, 1.54) is 5.56 Å². The fourth-order valence-electron chi connectivity index (χ4n) is 3.61. The van der Waals surface area contributed by atoms with Crippen molar-refractivity contribution >= 4 is 0 Å². The van der Waals surface area contributed by atoms with E-state index in [1.54, 1.807) is 13.4 Å². The maximum absolute atomic E-state index is 9.12. The summed E-state index contributed by atoms with van der Waals surface area (Å²) in [4.78, 5) is 10.3. The number of imidazole rings is 1. The Bertz CT molecular complexity index is 939. The molecule has 0 fully saturated rings. The van der Waals surface area contributed by atoms with Crippen LogP contribution in [0.15, 0.2) is 54.9 Å². The van der Waals surface area contributed by atoms with Gasteiger partial charge in [0.05, 0.1) is 36.5 Å². The standard InChI is InChI=1S/C21H20N4O/c1-26-18-7-5-17(6-8-18)19-12-25(13-20-21(19)24-14-23-20)11-16-4-2-3-15(9-16)10-22/h2-9,14,19H,11-13H2,1H3,(H,23,24). The fourth-order valence-corrected chi connectivity index (χ4v) is 3.61. The lowest BCUT2D eigenvalue weighted by Crippen LogP contribution is -2.33. The van der Waals surface area contributed by atoms with Crippen LogP contribution >= 0.6 is 0 Å². The highest BCUT2D eigenvalue weighted by molar-refractivity contribution is 5.37. The second kappa shape index (κ2) is 7.03. The monoisotopic (exact) mass is 344 g/mol. The Morgan fingerprint density at radius 1 is 1.27 bits per heavy atom. The highest BCUT2D eigenvalue weighted by Gasteiger charge is 2.28. The zero-order valence-electron chi connectivity index (χ0n) is 14.6. The minimum Gasteiger partial charge on any atom is -0.497 e. The molecule has 2 aromatic carbocycles.